The molecule has 0 aromatic heterocycles. The first-order valence-electron chi connectivity index (χ1n) is 8.87. The number of rotatable bonds is 7. The monoisotopic (exact) mass is 363 g/mol. The Balaban J connectivity index is 1.74. The zero-order valence-corrected chi connectivity index (χ0v) is 14.9. The van der Waals surface area contributed by atoms with Gasteiger partial charge in [0.2, 0.25) is 11.8 Å². The van der Waals surface area contributed by atoms with Gasteiger partial charge in [0.1, 0.15) is 0 Å². The van der Waals surface area contributed by atoms with Gasteiger partial charge in [-0.3, -0.25) is 19.4 Å². The molecule has 6 nitrogen and oxygen atoms in total. The van der Waals surface area contributed by atoms with Gasteiger partial charge in [-0.05, 0) is 24.0 Å². The van der Waals surface area contributed by atoms with Gasteiger partial charge < -0.3 is 5.41 Å². The standard InChI is InChI=1S/C21H21N3O3/c22-15-18-19(25)23(13-11-16-7-3-1-4-8-16)21(27)24(20(18)26)14-12-17-9-5-2-6-10-17/h1-10,15,18,22H,11-14H2. The van der Waals surface area contributed by atoms with Gasteiger partial charge in [0.15, 0.2) is 5.92 Å². The van der Waals surface area contributed by atoms with Crippen molar-refractivity contribution in [1.29, 1.82) is 5.41 Å². The number of hydrogen-bond acceptors (Lipinski definition) is 4. The Morgan fingerprint density at radius 1 is 0.741 bits per heavy atom. The van der Waals surface area contributed by atoms with E-state index in [1.165, 1.54) is 0 Å². The van der Waals surface area contributed by atoms with Crippen LogP contribution in [0.3, 0.4) is 0 Å². The van der Waals surface area contributed by atoms with Crippen LogP contribution in [0.15, 0.2) is 60.7 Å². The lowest BCUT2D eigenvalue weighted by atomic mass is 10.0. The van der Waals surface area contributed by atoms with E-state index in [-0.39, 0.29) is 13.1 Å². The summed E-state index contributed by atoms with van der Waals surface area (Å²) in [6.45, 7) is 0.363. The van der Waals surface area contributed by atoms with Crippen molar-refractivity contribution in [3.8, 4) is 0 Å². The molecule has 1 N–H and O–H groups in total. The van der Waals surface area contributed by atoms with Crippen molar-refractivity contribution < 1.29 is 14.4 Å². The highest BCUT2D eigenvalue weighted by Crippen LogP contribution is 2.18. The summed E-state index contributed by atoms with van der Waals surface area (Å²) < 4.78 is 0. The van der Waals surface area contributed by atoms with Gasteiger partial charge in [0.25, 0.3) is 0 Å². The molecule has 1 saturated heterocycles. The molecule has 1 aliphatic heterocycles. The first kappa shape index (κ1) is 18.5. The fourth-order valence-electron chi connectivity index (χ4n) is 3.10. The normalized spacial score (nSPS) is 15.3. The van der Waals surface area contributed by atoms with E-state index in [1.54, 1.807) is 0 Å². The number of carbonyl (C=O) groups excluding carboxylic acids is 3. The highest BCUT2D eigenvalue weighted by molar-refractivity contribution is 6.23. The van der Waals surface area contributed by atoms with Gasteiger partial charge in [-0.1, -0.05) is 60.7 Å². The van der Waals surface area contributed by atoms with E-state index in [9.17, 15) is 14.4 Å². The van der Waals surface area contributed by atoms with Crippen molar-refractivity contribution in [1.82, 2.24) is 9.80 Å². The highest BCUT2D eigenvalue weighted by Gasteiger charge is 2.44. The number of nitrogens with one attached hydrogen (secondary N) is 1. The molecule has 4 amide bonds. The number of barbiturate groups is 1. The van der Waals surface area contributed by atoms with Crippen molar-refractivity contribution in [3.63, 3.8) is 0 Å². The van der Waals surface area contributed by atoms with Crippen LogP contribution in [0, 0.1) is 11.3 Å². The van der Waals surface area contributed by atoms with E-state index in [0.717, 1.165) is 27.1 Å². The summed E-state index contributed by atoms with van der Waals surface area (Å²) in [4.78, 5) is 40.0. The number of nitrogens with zero attached hydrogens (tertiary/aromatic N) is 2. The van der Waals surface area contributed by atoms with Crippen LogP contribution in [0.25, 0.3) is 0 Å². The van der Waals surface area contributed by atoms with Crippen LogP contribution in [0.4, 0.5) is 4.79 Å². The maximum absolute atomic E-state index is 12.8. The van der Waals surface area contributed by atoms with Crippen molar-refractivity contribution in [2.24, 2.45) is 5.92 Å². The summed E-state index contributed by atoms with van der Waals surface area (Å²) in [5.41, 5.74) is 1.99. The van der Waals surface area contributed by atoms with Gasteiger partial charge in [0.05, 0.1) is 0 Å². The van der Waals surface area contributed by atoms with Crippen molar-refractivity contribution in [2.75, 3.05) is 13.1 Å². The summed E-state index contributed by atoms with van der Waals surface area (Å²) in [6.07, 6.45) is 1.83. The molecule has 138 valence electrons. The lowest BCUT2D eigenvalue weighted by Crippen LogP contribution is -2.60. The Labute approximate surface area is 157 Å². The van der Waals surface area contributed by atoms with Crippen molar-refractivity contribution in [2.45, 2.75) is 12.8 Å². The van der Waals surface area contributed by atoms with Crippen LogP contribution in [-0.2, 0) is 22.4 Å². The Kier molecular flexibility index (Phi) is 5.76. The molecule has 0 spiro atoms. The number of urea groups is 1. The number of benzene rings is 2. The number of carbonyl (C=O) groups is 3. The fraction of sp³-hybridized carbons (Fsp3) is 0.238. The third-order valence-corrected chi connectivity index (χ3v) is 4.63. The molecule has 2 aromatic carbocycles. The number of hydrogen-bond donors (Lipinski definition) is 1. The van der Waals surface area contributed by atoms with Crippen LogP contribution in [0.1, 0.15) is 11.1 Å². The first-order valence-corrected chi connectivity index (χ1v) is 8.87. The predicted molar refractivity (Wildman–Crippen MR) is 101 cm³/mol. The summed E-state index contributed by atoms with van der Waals surface area (Å²) >= 11 is 0. The average Bonchev–Trinajstić information content (AvgIpc) is 2.69. The van der Waals surface area contributed by atoms with Crippen LogP contribution >= 0.6 is 0 Å². The molecule has 0 aliphatic carbocycles. The molecule has 0 atom stereocenters. The largest absolute Gasteiger partial charge is 0.333 e. The Bertz CT molecular complexity index is 771. The topological polar surface area (TPSA) is 81.5 Å². The van der Waals surface area contributed by atoms with E-state index in [4.69, 9.17) is 5.41 Å². The number of imide groups is 2. The zero-order valence-electron chi connectivity index (χ0n) is 14.9. The summed E-state index contributed by atoms with van der Waals surface area (Å²) in [6, 6.07) is 18.5. The van der Waals surface area contributed by atoms with Crippen LogP contribution < -0.4 is 0 Å². The van der Waals surface area contributed by atoms with Gasteiger partial charge in [0, 0.05) is 19.3 Å². The van der Waals surface area contributed by atoms with Crippen molar-refractivity contribution in [3.05, 3.63) is 71.8 Å². The molecular formula is C21H21N3O3. The van der Waals surface area contributed by atoms with Crippen LogP contribution in [0.2, 0.25) is 0 Å². The van der Waals surface area contributed by atoms with E-state index in [1.807, 2.05) is 60.7 Å². The molecule has 0 bridgehead atoms. The smallest absolute Gasteiger partial charge is 0.312 e. The van der Waals surface area contributed by atoms with Crippen LogP contribution in [-0.4, -0.2) is 46.9 Å². The van der Waals surface area contributed by atoms with Gasteiger partial charge in [-0.15, -0.1) is 0 Å². The molecule has 1 fully saturated rings. The fourth-order valence-corrected chi connectivity index (χ4v) is 3.10. The SMILES string of the molecule is N=CC1C(=O)N(CCc2ccccc2)C(=O)N(CCc2ccccc2)C1=O. The van der Waals surface area contributed by atoms with Gasteiger partial charge in [-0.2, -0.15) is 0 Å². The second-order valence-corrected chi connectivity index (χ2v) is 6.38. The molecule has 2 aromatic rings. The molecular weight excluding hydrogens is 342 g/mol. The molecule has 1 heterocycles. The lowest BCUT2D eigenvalue weighted by Gasteiger charge is -2.35. The zero-order chi connectivity index (χ0) is 19.2. The molecule has 27 heavy (non-hydrogen) atoms. The molecule has 0 radical (unpaired) electrons. The molecule has 1 aliphatic rings. The number of amides is 4. The van der Waals surface area contributed by atoms with Crippen LogP contribution in [0.5, 0.6) is 0 Å². The van der Waals surface area contributed by atoms with E-state index in [2.05, 4.69) is 0 Å². The second kappa shape index (κ2) is 8.40. The third-order valence-electron chi connectivity index (χ3n) is 4.63. The van der Waals surface area contributed by atoms with Gasteiger partial charge in [-0.25, -0.2) is 4.79 Å². The van der Waals surface area contributed by atoms with E-state index in [0.29, 0.717) is 12.8 Å². The maximum Gasteiger partial charge on any atom is 0.333 e. The molecule has 6 heteroatoms. The minimum atomic E-state index is -1.23. The molecule has 0 unspecified atom stereocenters. The Morgan fingerprint density at radius 3 is 1.52 bits per heavy atom. The summed E-state index contributed by atoms with van der Waals surface area (Å²) in [5.74, 6) is -2.46. The first-order chi connectivity index (χ1) is 13.1. The summed E-state index contributed by atoms with van der Waals surface area (Å²) in [7, 11) is 0. The minimum absolute atomic E-state index is 0.182. The van der Waals surface area contributed by atoms with E-state index < -0.39 is 23.8 Å². The third kappa shape index (κ3) is 4.11. The molecule has 0 saturated carbocycles. The molecule has 3 rings (SSSR count). The quantitative estimate of drug-likeness (QED) is 0.606. The Hall–Kier alpha value is -3.28. The average molecular weight is 363 g/mol. The Morgan fingerprint density at radius 2 is 1.15 bits per heavy atom. The summed E-state index contributed by atoms with van der Waals surface area (Å²) in [5, 5.41) is 7.47. The van der Waals surface area contributed by atoms with E-state index >= 15 is 0 Å². The minimum Gasteiger partial charge on any atom is -0.312 e. The predicted octanol–water partition coefficient (Wildman–Crippen LogP) is 2.53. The van der Waals surface area contributed by atoms with Crippen molar-refractivity contribution >= 4 is 24.1 Å². The lowest BCUT2D eigenvalue weighted by molar-refractivity contribution is -0.145. The maximum atomic E-state index is 12.8. The van der Waals surface area contributed by atoms with Gasteiger partial charge >= 0.3 is 6.03 Å². The highest BCUT2D eigenvalue weighted by atomic mass is 16.2. The second-order valence-electron chi connectivity index (χ2n) is 6.38.